The highest BCUT2D eigenvalue weighted by Gasteiger charge is 2.69. The van der Waals surface area contributed by atoms with Gasteiger partial charge in [-0.3, -0.25) is 4.79 Å². The Morgan fingerprint density at radius 2 is 1.74 bits per heavy atom. The third-order valence-corrected chi connectivity index (χ3v) is 11.7. The Labute approximate surface area is 187 Å². The van der Waals surface area contributed by atoms with Gasteiger partial charge in [0.25, 0.3) is 0 Å². The standard InChI is InChI=1S/C27H42O4/c1-15-5-10-27(30-14-15)16(2)24-23(31-27)13-20-18-12-22(29)21-11-17(28)6-8-25(21,3)19(18)7-9-26(20,24)4/h15-21,23-24,28H,5-14H2,1-4H3/t15-,16-,17-,18+,19-,20-,21-,23+,24-,25+,26-,27-/m0/s1. The summed E-state index contributed by atoms with van der Waals surface area (Å²) in [5.74, 6) is 3.53. The SMILES string of the molecule is C[C@H]1CC[C@]2(OC1)O[C@@H]1C[C@H]3[C@@H]4CC(=O)[C@@H]5C[C@@H](O)CC[C@]5(C)[C@H]4CC[C@]3(C)[C@H]1[C@@H]2C. The molecule has 6 fully saturated rings. The molecule has 0 aromatic carbocycles. The molecule has 6 rings (SSSR count). The zero-order valence-electron chi connectivity index (χ0n) is 19.9. The Hall–Kier alpha value is -0.450. The molecule has 2 saturated heterocycles. The number of aliphatic hydroxyl groups is 1. The minimum absolute atomic E-state index is 0.0823. The Morgan fingerprint density at radius 1 is 0.968 bits per heavy atom. The van der Waals surface area contributed by atoms with Crippen molar-refractivity contribution in [1.29, 1.82) is 0 Å². The molecular weight excluding hydrogens is 388 g/mol. The van der Waals surface area contributed by atoms with E-state index in [9.17, 15) is 9.90 Å². The summed E-state index contributed by atoms with van der Waals surface area (Å²) in [5.41, 5.74) is 0.355. The van der Waals surface area contributed by atoms with E-state index in [0.717, 1.165) is 38.7 Å². The summed E-state index contributed by atoms with van der Waals surface area (Å²) in [7, 11) is 0. The number of hydrogen-bond donors (Lipinski definition) is 1. The minimum atomic E-state index is -0.356. The second-order valence-corrected chi connectivity index (χ2v) is 13.1. The van der Waals surface area contributed by atoms with Crippen LogP contribution in [0.4, 0.5) is 0 Å². The molecule has 4 heteroatoms. The van der Waals surface area contributed by atoms with Gasteiger partial charge in [0.1, 0.15) is 5.78 Å². The van der Waals surface area contributed by atoms with E-state index < -0.39 is 0 Å². The fourth-order valence-electron chi connectivity index (χ4n) is 10.0. The average molecular weight is 431 g/mol. The second-order valence-electron chi connectivity index (χ2n) is 13.1. The molecule has 1 N–H and O–H groups in total. The van der Waals surface area contributed by atoms with Gasteiger partial charge in [0.2, 0.25) is 0 Å². The van der Waals surface area contributed by atoms with Gasteiger partial charge in [0.15, 0.2) is 5.79 Å². The Morgan fingerprint density at radius 3 is 2.48 bits per heavy atom. The predicted molar refractivity (Wildman–Crippen MR) is 118 cm³/mol. The van der Waals surface area contributed by atoms with Crippen LogP contribution >= 0.6 is 0 Å². The van der Waals surface area contributed by atoms with E-state index in [4.69, 9.17) is 9.47 Å². The van der Waals surface area contributed by atoms with Gasteiger partial charge in [-0.2, -0.15) is 0 Å². The molecule has 0 aromatic heterocycles. The van der Waals surface area contributed by atoms with Gasteiger partial charge in [-0.05, 0) is 85.4 Å². The van der Waals surface area contributed by atoms with E-state index in [-0.39, 0.29) is 28.6 Å². The third-order valence-electron chi connectivity index (χ3n) is 11.7. The smallest absolute Gasteiger partial charge is 0.171 e. The van der Waals surface area contributed by atoms with Crippen LogP contribution in [0.5, 0.6) is 0 Å². The third kappa shape index (κ3) is 2.74. The highest BCUT2D eigenvalue weighted by atomic mass is 16.7. The van der Waals surface area contributed by atoms with Crippen LogP contribution in [0.15, 0.2) is 0 Å². The summed E-state index contributed by atoms with van der Waals surface area (Å²) < 4.78 is 13.3. The van der Waals surface area contributed by atoms with Gasteiger partial charge >= 0.3 is 0 Å². The first-order valence-corrected chi connectivity index (χ1v) is 13.2. The van der Waals surface area contributed by atoms with E-state index in [1.807, 2.05) is 0 Å². The molecule has 1 spiro atoms. The number of ether oxygens (including phenoxy) is 2. The summed E-state index contributed by atoms with van der Waals surface area (Å²) in [6, 6.07) is 0. The quantitative estimate of drug-likeness (QED) is 0.589. The fraction of sp³-hybridized carbons (Fsp3) is 0.963. The molecule has 174 valence electrons. The van der Waals surface area contributed by atoms with Crippen LogP contribution in [-0.4, -0.2) is 35.5 Å². The molecule has 4 saturated carbocycles. The summed E-state index contributed by atoms with van der Waals surface area (Å²) in [6.45, 7) is 10.4. The minimum Gasteiger partial charge on any atom is -0.393 e. The molecule has 0 bridgehead atoms. The van der Waals surface area contributed by atoms with Gasteiger partial charge in [-0.25, -0.2) is 0 Å². The lowest BCUT2D eigenvalue weighted by Gasteiger charge is -2.60. The van der Waals surface area contributed by atoms with Crippen molar-refractivity contribution in [3.8, 4) is 0 Å². The van der Waals surface area contributed by atoms with Crippen molar-refractivity contribution in [2.24, 2.45) is 52.3 Å². The summed E-state index contributed by atoms with van der Waals surface area (Å²) in [5, 5.41) is 10.3. The van der Waals surface area contributed by atoms with Gasteiger partial charge < -0.3 is 14.6 Å². The monoisotopic (exact) mass is 430 g/mol. The van der Waals surface area contributed by atoms with Crippen molar-refractivity contribution in [3.63, 3.8) is 0 Å². The molecular formula is C27H42O4. The number of fused-ring (bicyclic) bond motifs is 7. The summed E-state index contributed by atoms with van der Waals surface area (Å²) in [6.07, 6.45) is 9.21. The van der Waals surface area contributed by atoms with Gasteiger partial charge in [0, 0.05) is 24.7 Å². The molecule has 2 heterocycles. The van der Waals surface area contributed by atoms with Crippen LogP contribution in [0, 0.1) is 52.3 Å². The van der Waals surface area contributed by atoms with Crippen molar-refractivity contribution >= 4 is 5.78 Å². The van der Waals surface area contributed by atoms with Gasteiger partial charge in [0.05, 0.1) is 18.8 Å². The topological polar surface area (TPSA) is 55.8 Å². The van der Waals surface area contributed by atoms with Crippen LogP contribution in [0.25, 0.3) is 0 Å². The molecule has 0 radical (unpaired) electrons. The lowest BCUT2D eigenvalue weighted by atomic mass is 9.44. The first-order valence-electron chi connectivity index (χ1n) is 13.2. The fourth-order valence-corrected chi connectivity index (χ4v) is 10.0. The van der Waals surface area contributed by atoms with E-state index in [1.165, 1.54) is 19.3 Å². The number of aliphatic hydroxyl groups excluding tert-OH is 1. The highest BCUT2D eigenvalue weighted by Crippen LogP contribution is 2.71. The lowest BCUT2D eigenvalue weighted by Crippen LogP contribution is -2.57. The maximum atomic E-state index is 13.3. The van der Waals surface area contributed by atoms with Crippen LogP contribution in [-0.2, 0) is 14.3 Å². The molecule has 0 aromatic rings. The van der Waals surface area contributed by atoms with Crippen molar-refractivity contribution in [3.05, 3.63) is 0 Å². The zero-order chi connectivity index (χ0) is 21.8. The molecule has 31 heavy (non-hydrogen) atoms. The van der Waals surface area contributed by atoms with Crippen molar-refractivity contribution in [2.75, 3.05) is 6.61 Å². The van der Waals surface area contributed by atoms with Gasteiger partial charge in [-0.15, -0.1) is 0 Å². The van der Waals surface area contributed by atoms with Crippen molar-refractivity contribution in [1.82, 2.24) is 0 Å². The van der Waals surface area contributed by atoms with E-state index in [2.05, 4.69) is 27.7 Å². The molecule has 6 aliphatic rings. The molecule has 12 atom stereocenters. The first kappa shape index (κ1) is 21.1. The van der Waals surface area contributed by atoms with Gasteiger partial charge in [-0.1, -0.05) is 27.7 Å². The molecule has 0 unspecified atom stereocenters. The Bertz CT molecular complexity index is 756. The summed E-state index contributed by atoms with van der Waals surface area (Å²) in [4.78, 5) is 13.3. The van der Waals surface area contributed by atoms with E-state index >= 15 is 0 Å². The molecule has 4 nitrogen and oxygen atoms in total. The molecule has 2 aliphatic heterocycles. The normalized spacial score (nSPS) is 60.9. The number of rotatable bonds is 0. The summed E-state index contributed by atoms with van der Waals surface area (Å²) >= 11 is 0. The molecule has 4 aliphatic carbocycles. The number of carbonyl (C=O) groups is 1. The van der Waals surface area contributed by atoms with E-state index in [1.54, 1.807) is 0 Å². The maximum Gasteiger partial charge on any atom is 0.171 e. The second kappa shape index (κ2) is 6.79. The number of ketones is 1. The Balaban J connectivity index is 1.28. The maximum absolute atomic E-state index is 13.3. The lowest BCUT2D eigenvalue weighted by molar-refractivity contribution is -0.273. The van der Waals surface area contributed by atoms with Crippen molar-refractivity contribution in [2.45, 2.75) is 103 Å². The highest BCUT2D eigenvalue weighted by molar-refractivity contribution is 5.83. The number of carbonyl (C=O) groups excluding carboxylic acids is 1. The van der Waals surface area contributed by atoms with Crippen LogP contribution < -0.4 is 0 Å². The molecule has 0 amide bonds. The Kier molecular flexibility index (Phi) is 4.62. The average Bonchev–Trinajstić information content (AvgIpc) is 3.17. The zero-order valence-corrected chi connectivity index (χ0v) is 19.9. The largest absolute Gasteiger partial charge is 0.393 e. The predicted octanol–water partition coefficient (Wildman–Crippen LogP) is 4.97. The first-order chi connectivity index (χ1) is 14.7. The number of hydrogen-bond acceptors (Lipinski definition) is 4. The van der Waals surface area contributed by atoms with E-state index in [0.29, 0.717) is 53.8 Å². The van der Waals surface area contributed by atoms with Crippen LogP contribution in [0.3, 0.4) is 0 Å². The van der Waals surface area contributed by atoms with Crippen molar-refractivity contribution < 1.29 is 19.4 Å². The number of Topliss-reactive ketones (excluding diaryl/α,β-unsaturated/α-hetero) is 1. The van der Waals surface area contributed by atoms with Crippen LogP contribution in [0.1, 0.15) is 85.5 Å². The van der Waals surface area contributed by atoms with Crippen LogP contribution in [0.2, 0.25) is 0 Å².